The average molecular weight is 395 g/mol. The van der Waals surface area contributed by atoms with E-state index >= 15 is 0 Å². The Hall–Kier alpha value is -1.96. The number of hydrogen-bond donors (Lipinski definition) is 0. The van der Waals surface area contributed by atoms with Crippen LogP contribution in [-0.2, 0) is 21.8 Å². The minimum absolute atomic E-state index is 0.239. The quantitative estimate of drug-likeness (QED) is 0.439. The van der Waals surface area contributed by atoms with Crippen LogP contribution in [0.1, 0.15) is 21.9 Å². The average Bonchev–Trinajstić information content (AvgIpc) is 3.16. The van der Waals surface area contributed by atoms with Gasteiger partial charge in [-0.25, -0.2) is 9.78 Å². The van der Waals surface area contributed by atoms with Gasteiger partial charge in [0.05, 0.1) is 30.5 Å². The van der Waals surface area contributed by atoms with E-state index in [-0.39, 0.29) is 5.76 Å². The largest absolute Gasteiger partial charge is 0.463 e. The Morgan fingerprint density at radius 1 is 1.35 bits per heavy atom. The van der Waals surface area contributed by atoms with Gasteiger partial charge in [0.15, 0.2) is 5.16 Å². The predicted octanol–water partition coefficient (Wildman–Crippen LogP) is 4.32. The second-order valence-corrected chi connectivity index (χ2v) is 7.06. The number of hydrogen-bond acceptors (Lipinski definition) is 6. The van der Waals surface area contributed by atoms with Crippen LogP contribution in [0, 0.1) is 6.92 Å². The molecule has 0 saturated heterocycles. The Kier molecular flexibility index (Phi) is 5.90. The number of fused-ring (bicyclic) bond motifs is 1. The lowest BCUT2D eigenvalue weighted by molar-refractivity contribution is 0.0562. The zero-order chi connectivity index (χ0) is 18.7. The molecule has 0 radical (unpaired) electrons. The first kappa shape index (κ1) is 18.8. The van der Waals surface area contributed by atoms with Crippen LogP contribution in [0.3, 0.4) is 0 Å². The van der Waals surface area contributed by atoms with Crippen molar-refractivity contribution in [3.63, 3.8) is 0 Å². The van der Waals surface area contributed by atoms with Crippen LogP contribution >= 0.6 is 23.4 Å². The van der Waals surface area contributed by atoms with Gasteiger partial charge < -0.3 is 18.5 Å². The van der Waals surface area contributed by atoms with E-state index in [1.165, 1.54) is 18.9 Å². The summed E-state index contributed by atoms with van der Waals surface area (Å²) in [6.45, 7) is 3.08. The summed E-state index contributed by atoms with van der Waals surface area (Å²) in [4.78, 5) is 16.4. The standard InChI is InChI=1S/C18H19ClN2O4S/c1-11-8-13(25-16(11)17(22)24-3)10-26-18-20-14-9-12(19)4-5-15(14)21(18)6-7-23-2/h4-5,8-9H,6-7,10H2,1-3H3. The van der Waals surface area contributed by atoms with Crippen LogP contribution in [0.15, 0.2) is 33.8 Å². The van der Waals surface area contributed by atoms with Gasteiger partial charge >= 0.3 is 5.97 Å². The van der Waals surface area contributed by atoms with Crippen LogP contribution in [-0.4, -0.2) is 36.3 Å². The Morgan fingerprint density at radius 2 is 2.15 bits per heavy atom. The smallest absolute Gasteiger partial charge is 0.374 e. The lowest BCUT2D eigenvalue weighted by Crippen LogP contribution is -2.05. The second-order valence-electron chi connectivity index (χ2n) is 5.68. The van der Waals surface area contributed by atoms with Gasteiger partial charge in [0.25, 0.3) is 0 Å². The molecule has 3 aromatic rings. The van der Waals surface area contributed by atoms with Crippen molar-refractivity contribution in [1.29, 1.82) is 0 Å². The molecule has 26 heavy (non-hydrogen) atoms. The number of aryl methyl sites for hydroxylation is 1. The highest BCUT2D eigenvalue weighted by Crippen LogP contribution is 2.29. The molecular formula is C18H19ClN2O4S. The topological polar surface area (TPSA) is 66.5 Å². The maximum atomic E-state index is 11.7. The number of benzene rings is 1. The minimum atomic E-state index is -0.472. The number of halogens is 1. The predicted molar refractivity (Wildman–Crippen MR) is 101 cm³/mol. The molecule has 0 bridgehead atoms. The Morgan fingerprint density at radius 3 is 2.88 bits per heavy atom. The Bertz CT molecular complexity index is 935. The molecule has 0 fully saturated rings. The summed E-state index contributed by atoms with van der Waals surface area (Å²) >= 11 is 7.61. The fourth-order valence-corrected chi connectivity index (χ4v) is 3.73. The third-order valence-corrected chi connectivity index (χ3v) is 5.11. The van der Waals surface area contributed by atoms with E-state index < -0.39 is 5.97 Å². The SMILES string of the molecule is COCCn1c(SCc2cc(C)c(C(=O)OC)o2)nc2cc(Cl)ccc21. The minimum Gasteiger partial charge on any atom is -0.463 e. The van der Waals surface area contributed by atoms with Gasteiger partial charge in [0.1, 0.15) is 5.76 Å². The Labute approximate surface area is 160 Å². The summed E-state index contributed by atoms with van der Waals surface area (Å²) in [5, 5.41) is 1.49. The van der Waals surface area contributed by atoms with Crippen LogP contribution in [0.4, 0.5) is 0 Å². The molecule has 0 aliphatic rings. The van der Waals surface area contributed by atoms with E-state index in [0.717, 1.165) is 21.8 Å². The molecule has 6 nitrogen and oxygen atoms in total. The van der Waals surface area contributed by atoms with Crippen molar-refractivity contribution in [2.75, 3.05) is 20.8 Å². The van der Waals surface area contributed by atoms with E-state index in [9.17, 15) is 4.79 Å². The van der Waals surface area contributed by atoms with Crippen LogP contribution in [0.5, 0.6) is 0 Å². The van der Waals surface area contributed by atoms with Crippen molar-refractivity contribution in [2.24, 2.45) is 0 Å². The molecule has 2 heterocycles. The van der Waals surface area contributed by atoms with Crippen molar-refractivity contribution in [1.82, 2.24) is 9.55 Å². The van der Waals surface area contributed by atoms with Crippen molar-refractivity contribution in [2.45, 2.75) is 24.4 Å². The molecule has 0 atom stereocenters. The van der Waals surface area contributed by atoms with E-state index in [1.807, 2.05) is 31.2 Å². The van der Waals surface area contributed by atoms with Gasteiger partial charge in [0, 0.05) is 24.2 Å². The second kappa shape index (κ2) is 8.16. The molecule has 3 rings (SSSR count). The lowest BCUT2D eigenvalue weighted by Gasteiger charge is -2.07. The van der Waals surface area contributed by atoms with Crippen LogP contribution in [0.25, 0.3) is 11.0 Å². The summed E-state index contributed by atoms with van der Waals surface area (Å²) < 4.78 is 17.7. The molecule has 2 aromatic heterocycles. The van der Waals surface area contributed by atoms with Crippen molar-refractivity contribution < 1.29 is 18.7 Å². The van der Waals surface area contributed by atoms with E-state index in [0.29, 0.717) is 29.7 Å². The van der Waals surface area contributed by atoms with Crippen molar-refractivity contribution in [3.05, 3.63) is 46.4 Å². The van der Waals surface area contributed by atoms with Gasteiger partial charge in [-0.15, -0.1) is 0 Å². The zero-order valence-corrected chi connectivity index (χ0v) is 16.3. The molecule has 1 aromatic carbocycles. The Balaban J connectivity index is 1.85. The normalized spacial score (nSPS) is 11.2. The maximum Gasteiger partial charge on any atom is 0.374 e. The number of thioether (sulfide) groups is 1. The van der Waals surface area contributed by atoms with E-state index in [4.69, 9.17) is 25.5 Å². The number of nitrogens with zero attached hydrogens (tertiary/aromatic N) is 2. The zero-order valence-electron chi connectivity index (χ0n) is 14.7. The first-order valence-corrected chi connectivity index (χ1v) is 9.35. The monoisotopic (exact) mass is 394 g/mol. The van der Waals surface area contributed by atoms with Crippen molar-refractivity contribution in [3.8, 4) is 0 Å². The molecule has 138 valence electrons. The van der Waals surface area contributed by atoms with E-state index in [1.54, 1.807) is 7.11 Å². The number of furan rings is 1. The van der Waals surface area contributed by atoms with Crippen LogP contribution < -0.4 is 0 Å². The molecule has 0 saturated carbocycles. The third-order valence-electron chi connectivity index (χ3n) is 3.88. The van der Waals surface area contributed by atoms with Gasteiger partial charge in [-0.05, 0) is 31.2 Å². The first-order valence-electron chi connectivity index (χ1n) is 7.98. The summed E-state index contributed by atoms with van der Waals surface area (Å²) in [6.07, 6.45) is 0. The highest BCUT2D eigenvalue weighted by atomic mass is 35.5. The number of methoxy groups -OCH3 is 2. The fourth-order valence-electron chi connectivity index (χ4n) is 2.64. The number of esters is 1. The maximum absolute atomic E-state index is 11.7. The number of rotatable bonds is 7. The number of ether oxygens (including phenoxy) is 2. The number of carbonyl (C=O) groups is 1. The highest BCUT2D eigenvalue weighted by molar-refractivity contribution is 7.98. The van der Waals surface area contributed by atoms with Gasteiger partial charge in [0.2, 0.25) is 5.76 Å². The molecule has 0 amide bonds. The van der Waals surface area contributed by atoms with Gasteiger partial charge in [-0.1, -0.05) is 23.4 Å². The molecule has 0 spiro atoms. The highest BCUT2D eigenvalue weighted by Gasteiger charge is 2.17. The molecule has 8 heteroatoms. The fraction of sp³-hybridized carbons (Fsp3) is 0.333. The third kappa shape index (κ3) is 3.90. The van der Waals surface area contributed by atoms with E-state index in [2.05, 4.69) is 9.55 Å². The van der Waals surface area contributed by atoms with Gasteiger partial charge in [-0.2, -0.15) is 0 Å². The number of aromatic nitrogens is 2. The molecule has 0 aliphatic carbocycles. The molecule has 0 unspecified atom stereocenters. The molecule has 0 aliphatic heterocycles. The molecular weight excluding hydrogens is 376 g/mol. The number of carbonyl (C=O) groups excluding carboxylic acids is 1. The summed E-state index contributed by atoms with van der Waals surface area (Å²) in [5.41, 5.74) is 2.59. The number of imidazole rings is 1. The summed E-state index contributed by atoms with van der Waals surface area (Å²) in [6, 6.07) is 7.49. The van der Waals surface area contributed by atoms with Crippen molar-refractivity contribution >= 4 is 40.4 Å². The lowest BCUT2D eigenvalue weighted by atomic mass is 10.3. The van der Waals surface area contributed by atoms with Gasteiger partial charge in [-0.3, -0.25) is 0 Å². The summed E-state index contributed by atoms with van der Waals surface area (Å²) in [5.74, 6) is 1.00. The van der Waals surface area contributed by atoms with Crippen LogP contribution in [0.2, 0.25) is 5.02 Å². The summed E-state index contributed by atoms with van der Waals surface area (Å²) in [7, 11) is 3.00. The first-order chi connectivity index (χ1) is 12.5. The molecule has 0 N–H and O–H groups in total.